The quantitative estimate of drug-likeness (QED) is 0.883. The molecule has 0 aromatic heterocycles. The Morgan fingerprint density at radius 3 is 2.41 bits per heavy atom. The Labute approximate surface area is 130 Å². The number of alkyl carbamates (subject to hydrolysis) is 1. The van der Waals surface area contributed by atoms with Crippen LogP contribution >= 0.6 is 0 Å². The lowest BCUT2D eigenvalue weighted by atomic mass is 9.89. The van der Waals surface area contributed by atoms with Crippen molar-refractivity contribution in [2.45, 2.75) is 25.5 Å². The smallest absolute Gasteiger partial charge is 0.408 e. The third-order valence-electron chi connectivity index (χ3n) is 3.58. The molecule has 0 aliphatic rings. The van der Waals surface area contributed by atoms with Crippen LogP contribution in [0.25, 0.3) is 0 Å². The van der Waals surface area contributed by atoms with E-state index in [1.807, 2.05) is 37.3 Å². The predicted molar refractivity (Wildman–Crippen MR) is 85.2 cm³/mol. The number of phenols is 1. The first kappa shape index (κ1) is 15.9. The highest BCUT2D eigenvalue weighted by molar-refractivity contribution is 5.69. The third-order valence-corrected chi connectivity index (χ3v) is 3.58. The Kier molecular flexibility index (Phi) is 5.04. The van der Waals surface area contributed by atoms with E-state index in [1.54, 1.807) is 24.3 Å². The fourth-order valence-electron chi connectivity index (χ4n) is 2.10. The molecular weight excluding hydrogens is 278 g/mol. The largest absolute Gasteiger partial charge is 0.508 e. The lowest BCUT2D eigenvalue weighted by Crippen LogP contribution is -2.43. The van der Waals surface area contributed by atoms with E-state index in [-0.39, 0.29) is 12.4 Å². The van der Waals surface area contributed by atoms with Crippen LogP contribution in [0.4, 0.5) is 4.79 Å². The monoisotopic (exact) mass is 298 g/mol. The van der Waals surface area contributed by atoms with Gasteiger partial charge in [0.25, 0.3) is 0 Å². The fraction of sp³-hybridized carbons (Fsp3) is 0.222. The van der Waals surface area contributed by atoms with Gasteiger partial charge < -0.3 is 15.2 Å². The van der Waals surface area contributed by atoms with E-state index in [0.29, 0.717) is 6.42 Å². The normalized spacial score (nSPS) is 13.2. The molecule has 22 heavy (non-hydrogen) atoms. The summed E-state index contributed by atoms with van der Waals surface area (Å²) in [6, 6.07) is 16.1. The summed E-state index contributed by atoms with van der Waals surface area (Å²) in [5.74, 6) is 0.175. The lowest BCUT2D eigenvalue weighted by molar-refractivity contribution is 0.129. The van der Waals surface area contributed by atoms with Crippen LogP contribution < -0.4 is 5.32 Å². The molecule has 4 heteroatoms. The zero-order chi connectivity index (χ0) is 16.0. The Balaban J connectivity index is 1.99. The van der Waals surface area contributed by atoms with Gasteiger partial charge in [0, 0.05) is 0 Å². The number of carbonyl (C=O) groups excluding carboxylic acids is 1. The number of hydrogen-bond acceptors (Lipinski definition) is 3. The van der Waals surface area contributed by atoms with Gasteiger partial charge in [0.1, 0.15) is 12.4 Å². The summed E-state index contributed by atoms with van der Waals surface area (Å²) in [4.78, 5) is 12.0. The van der Waals surface area contributed by atoms with Gasteiger partial charge in [0.15, 0.2) is 0 Å². The molecule has 0 aliphatic carbocycles. The molecule has 0 spiro atoms. The molecule has 0 unspecified atom stereocenters. The molecule has 0 bridgehead atoms. The summed E-state index contributed by atoms with van der Waals surface area (Å²) < 4.78 is 5.23. The van der Waals surface area contributed by atoms with E-state index in [9.17, 15) is 9.90 Å². The van der Waals surface area contributed by atoms with Gasteiger partial charge in [0.2, 0.25) is 0 Å². The van der Waals surface area contributed by atoms with E-state index in [0.717, 1.165) is 11.1 Å². The number of aromatic hydroxyl groups is 1. The Morgan fingerprint density at radius 1 is 1.18 bits per heavy atom. The first-order valence-electron chi connectivity index (χ1n) is 7.17. The highest BCUT2D eigenvalue weighted by atomic mass is 16.5. The van der Waals surface area contributed by atoms with Gasteiger partial charge in [0.05, 0.1) is 5.54 Å². The van der Waals surface area contributed by atoms with Crippen LogP contribution in [-0.2, 0) is 16.9 Å². The molecule has 0 heterocycles. The maximum atomic E-state index is 12.0. The molecule has 0 aliphatic heterocycles. The highest BCUT2D eigenvalue weighted by Gasteiger charge is 2.27. The van der Waals surface area contributed by atoms with Gasteiger partial charge in [-0.05, 0) is 36.6 Å². The molecule has 115 valence electrons. The second kappa shape index (κ2) is 6.98. The second-order valence-corrected chi connectivity index (χ2v) is 5.17. The van der Waals surface area contributed by atoms with Crippen LogP contribution in [-0.4, -0.2) is 11.2 Å². The fourth-order valence-corrected chi connectivity index (χ4v) is 2.10. The van der Waals surface area contributed by atoms with Crippen molar-refractivity contribution in [3.8, 4) is 5.75 Å². The van der Waals surface area contributed by atoms with Crippen molar-refractivity contribution in [1.29, 1.82) is 0 Å². The van der Waals surface area contributed by atoms with E-state index in [1.165, 1.54) is 0 Å². The molecule has 2 rings (SSSR count). The van der Waals surface area contributed by atoms with Gasteiger partial charge in [-0.25, -0.2) is 4.79 Å². The molecule has 2 aromatic rings. The van der Waals surface area contributed by atoms with Crippen LogP contribution in [0.3, 0.4) is 0 Å². The van der Waals surface area contributed by atoms with Gasteiger partial charge in [-0.2, -0.15) is 0 Å². The highest BCUT2D eigenvalue weighted by Crippen LogP contribution is 2.25. The summed E-state index contributed by atoms with van der Waals surface area (Å²) in [7, 11) is 0. The van der Waals surface area contributed by atoms with Crippen molar-refractivity contribution < 1.29 is 14.6 Å². The van der Waals surface area contributed by atoms with Crippen molar-refractivity contribution in [2.75, 3.05) is 0 Å². The molecule has 0 fully saturated rings. The Hall–Kier alpha value is -2.49. The summed E-state index contributed by atoms with van der Waals surface area (Å²) in [5.41, 5.74) is 0.944. The van der Waals surface area contributed by atoms with Crippen molar-refractivity contribution in [1.82, 2.24) is 5.32 Å². The summed E-state index contributed by atoms with van der Waals surface area (Å²) >= 11 is 0. The van der Waals surface area contributed by atoms with E-state index < -0.39 is 11.6 Å². The second-order valence-electron chi connectivity index (χ2n) is 5.17. The molecule has 1 amide bonds. The maximum Gasteiger partial charge on any atom is 0.408 e. The standard InChI is InChI=1S/C18H20NO3/c1-3-18(2,15-9-11-16(20)12-10-15)19-17(21)22-13-14-7-5-4-6-8-14/h4-12,20H,2-3,13H2,1H3,(H,19,21)/t18-/m1/s1. The first-order valence-corrected chi connectivity index (χ1v) is 7.17. The zero-order valence-corrected chi connectivity index (χ0v) is 12.6. The summed E-state index contributed by atoms with van der Waals surface area (Å²) in [5, 5.41) is 12.2. The number of rotatable bonds is 5. The molecule has 1 atom stereocenters. The maximum absolute atomic E-state index is 12.0. The molecule has 0 saturated carbocycles. The predicted octanol–water partition coefficient (Wildman–Crippen LogP) is 3.76. The molecule has 2 N–H and O–H groups in total. The minimum Gasteiger partial charge on any atom is -0.508 e. The van der Waals surface area contributed by atoms with E-state index >= 15 is 0 Å². The number of amides is 1. The van der Waals surface area contributed by atoms with E-state index in [4.69, 9.17) is 4.74 Å². The van der Waals surface area contributed by atoms with Crippen molar-refractivity contribution in [3.63, 3.8) is 0 Å². The Bertz CT molecular complexity index is 610. The van der Waals surface area contributed by atoms with Crippen LogP contribution in [0.1, 0.15) is 24.5 Å². The SMILES string of the molecule is [CH2][C@](CC)(NC(=O)OCc1ccccc1)c1ccc(O)cc1. The summed E-state index contributed by atoms with van der Waals surface area (Å²) in [6.45, 7) is 6.23. The van der Waals surface area contributed by atoms with Gasteiger partial charge in [-0.1, -0.05) is 49.4 Å². The number of phenolic OH excluding ortho intramolecular Hbond substituents is 1. The number of benzene rings is 2. The lowest BCUT2D eigenvalue weighted by Gasteiger charge is -2.29. The minimum absolute atomic E-state index is 0.175. The average molecular weight is 298 g/mol. The molecule has 1 radical (unpaired) electrons. The molecule has 4 nitrogen and oxygen atoms in total. The topological polar surface area (TPSA) is 58.6 Å². The molecular formula is C18H20NO3. The van der Waals surface area contributed by atoms with Crippen LogP contribution in [0, 0.1) is 6.92 Å². The zero-order valence-electron chi connectivity index (χ0n) is 12.6. The number of hydrogen-bond donors (Lipinski definition) is 2. The van der Waals surface area contributed by atoms with Gasteiger partial charge in [-0.15, -0.1) is 0 Å². The molecule has 0 saturated heterocycles. The van der Waals surface area contributed by atoms with Crippen molar-refractivity contribution >= 4 is 6.09 Å². The van der Waals surface area contributed by atoms with Crippen molar-refractivity contribution in [3.05, 3.63) is 72.6 Å². The van der Waals surface area contributed by atoms with Gasteiger partial charge in [-0.3, -0.25) is 0 Å². The van der Waals surface area contributed by atoms with Crippen LogP contribution in [0.15, 0.2) is 54.6 Å². The number of carbonyl (C=O) groups is 1. The first-order chi connectivity index (χ1) is 10.5. The average Bonchev–Trinajstić information content (AvgIpc) is 2.54. The van der Waals surface area contributed by atoms with Gasteiger partial charge >= 0.3 is 6.09 Å². The molecule has 2 aromatic carbocycles. The Morgan fingerprint density at radius 2 is 1.82 bits per heavy atom. The number of ether oxygens (including phenoxy) is 1. The van der Waals surface area contributed by atoms with Crippen molar-refractivity contribution in [2.24, 2.45) is 0 Å². The van der Waals surface area contributed by atoms with Crippen LogP contribution in [0.2, 0.25) is 0 Å². The third kappa shape index (κ3) is 4.01. The minimum atomic E-state index is -0.790. The van der Waals surface area contributed by atoms with Crippen LogP contribution in [0.5, 0.6) is 5.75 Å². The van der Waals surface area contributed by atoms with E-state index in [2.05, 4.69) is 12.2 Å². The summed E-state index contributed by atoms with van der Waals surface area (Å²) in [6.07, 6.45) is 0.0758. The number of nitrogens with one attached hydrogen (secondary N) is 1.